The van der Waals surface area contributed by atoms with Gasteiger partial charge in [0, 0.05) is 5.56 Å². The molecule has 0 saturated carbocycles. The fourth-order valence-corrected chi connectivity index (χ4v) is 2.59. The quantitative estimate of drug-likeness (QED) is 0.887. The van der Waals surface area contributed by atoms with Crippen LogP contribution in [-0.4, -0.2) is 5.91 Å². The second-order valence-corrected chi connectivity index (χ2v) is 5.86. The lowest BCUT2D eigenvalue weighted by Gasteiger charge is -2.18. The Morgan fingerprint density at radius 1 is 0.952 bits per heavy atom. The number of carbonyl (C=O) groups excluding carboxylic acids is 1. The van der Waals surface area contributed by atoms with Gasteiger partial charge in [-0.3, -0.25) is 4.79 Å². The van der Waals surface area contributed by atoms with Crippen molar-refractivity contribution in [3.8, 4) is 0 Å². The summed E-state index contributed by atoms with van der Waals surface area (Å²) in [5.74, 6) is -0.0242. The normalized spacial score (nSPS) is 12.0. The molecule has 1 N–H and O–H groups in total. The molecular weight excluding hydrogens is 258 g/mol. The summed E-state index contributed by atoms with van der Waals surface area (Å²) in [6.45, 7) is 10.3. The van der Waals surface area contributed by atoms with Gasteiger partial charge in [-0.2, -0.15) is 0 Å². The van der Waals surface area contributed by atoms with E-state index in [9.17, 15) is 4.79 Å². The van der Waals surface area contributed by atoms with E-state index in [0.717, 1.165) is 5.56 Å². The van der Waals surface area contributed by atoms with Crippen molar-refractivity contribution in [3.05, 3.63) is 69.8 Å². The van der Waals surface area contributed by atoms with Crippen LogP contribution in [0.25, 0.3) is 0 Å². The van der Waals surface area contributed by atoms with Crippen molar-refractivity contribution in [2.24, 2.45) is 0 Å². The summed E-state index contributed by atoms with van der Waals surface area (Å²) in [5.41, 5.74) is 6.75. The van der Waals surface area contributed by atoms with Crippen molar-refractivity contribution in [2.75, 3.05) is 0 Å². The molecule has 0 aliphatic rings. The van der Waals surface area contributed by atoms with Gasteiger partial charge in [-0.25, -0.2) is 0 Å². The van der Waals surface area contributed by atoms with Crippen LogP contribution in [-0.2, 0) is 0 Å². The summed E-state index contributed by atoms with van der Waals surface area (Å²) >= 11 is 0. The molecule has 0 fully saturated rings. The predicted molar refractivity (Wildman–Crippen MR) is 87.7 cm³/mol. The van der Waals surface area contributed by atoms with Gasteiger partial charge >= 0.3 is 0 Å². The van der Waals surface area contributed by atoms with Gasteiger partial charge in [-0.1, -0.05) is 29.8 Å². The Bertz CT molecular complexity index is 673. The van der Waals surface area contributed by atoms with E-state index in [0.29, 0.717) is 5.56 Å². The van der Waals surface area contributed by atoms with Gasteiger partial charge in [-0.05, 0) is 69.0 Å². The number of aryl methyl sites for hydroxylation is 4. The van der Waals surface area contributed by atoms with Crippen LogP contribution in [0.1, 0.15) is 51.1 Å². The van der Waals surface area contributed by atoms with Crippen molar-refractivity contribution in [2.45, 2.75) is 40.7 Å². The molecule has 1 amide bonds. The molecule has 2 aromatic carbocycles. The maximum Gasteiger partial charge on any atom is 0.251 e. The second-order valence-electron chi connectivity index (χ2n) is 5.86. The Hall–Kier alpha value is -2.09. The third-order valence-electron chi connectivity index (χ3n) is 3.98. The Balaban J connectivity index is 2.20. The van der Waals surface area contributed by atoms with E-state index in [1.165, 1.54) is 22.3 Å². The van der Waals surface area contributed by atoms with Crippen LogP contribution in [0.4, 0.5) is 0 Å². The van der Waals surface area contributed by atoms with Crippen LogP contribution < -0.4 is 5.32 Å². The minimum Gasteiger partial charge on any atom is -0.346 e. The fourth-order valence-electron chi connectivity index (χ4n) is 2.59. The molecule has 0 radical (unpaired) electrons. The molecule has 2 rings (SSSR count). The summed E-state index contributed by atoms with van der Waals surface area (Å²) in [6.07, 6.45) is 0. The average molecular weight is 281 g/mol. The first-order valence-corrected chi connectivity index (χ1v) is 7.33. The molecule has 110 valence electrons. The van der Waals surface area contributed by atoms with Crippen molar-refractivity contribution in [3.63, 3.8) is 0 Å². The van der Waals surface area contributed by atoms with Gasteiger partial charge in [-0.15, -0.1) is 0 Å². The van der Waals surface area contributed by atoms with Crippen molar-refractivity contribution in [1.29, 1.82) is 0 Å². The Morgan fingerprint density at radius 3 is 2.29 bits per heavy atom. The lowest BCUT2D eigenvalue weighted by Crippen LogP contribution is -2.27. The standard InChI is InChI=1S/C19H23NO/c1-12-7-6-8-17(9-12)19(21)20-16(5)18-11-14(3)13(2)10-15(18)4/h6-11,16H,1-5H3,(H,20,21). The van der Waals surface area contributed by atoms with Gasteiger partial charge in [0.15, 0.2) is 0 Å². The lowest BCUT2D eigenvalue weighted by atomic mass is 9.96. The average Bonchev–Trinajstić information content (AvgIpc) is 2.42. The highest BCUT2D eigenvalue weighted by atomic mass is 16.1. The van der Waals surface area contributed by atoms with Gasteiger partial charge in [0.25, 0.3) is 5.91 Å². The van der Waals surface area contributed by atoms with Crippen molar-refractivity contribution in [1.82, 2.24) is 5.32 Å². The molecule has 1 unspecified atom stereocenters. The highest BCUT2D eigenvalue weighted by Crippen LogP contribution is 2.22. The third kappa shape index (κ3) is 3.52. The number of rotatable bonds is 3. The van der Waals surface area contributed by atoms with Crippen LogP contribution in [0.3, 0.4) is 0 Å². The molecule has 0 saturated heterocycles. The summed E-state index contributed by atoms with van der Waals surface area (Å²) in [7, 11) is 0. The summed E-state index contributed by atoms with van der Waals surface area (Å²) in [6, 6.07) is 12.0. The Kier molecular flexibility index (Phi) is 4.46. The van der Waals surface area contributed by atoms with E-state index in [1.54, 1.807) is 0 Å². The summed E-state index contributed by atoms with van der Waals surface area (Å²) < 4.78 is 0. The zero-order valence-corrected chi connectivity index (χ0v) is 13.4. The van der Waals surface area contributed by atoms with Gasteiger partial charge in [0.2, 0.25) is 0 Å². The van der Waals surface area contributed by atoms with E-state index < -0.39 is 0 Å². The molecule has 2 aromatic rings. The lowest BCUT2D eigenvalue weighted by molar-refractivity contribution is 0.0939. The minimum absolute atomic E-state index is 0.00249. The van der Waals surface area contributed by atoms with Gasteiger partial charge in [0.1, 0.15) is 0 Å². The molecule has 2 nitrogen and oxygen atoms in total. The molecular formula is C19H23NO. The molecule has 0 aliphatic carbocycles. The molecule has 0 spiro atoms. The van der Waals surface area contributed by atoms with Crippen LogP contribution >= 0.6 is 0 Å². The van der Waals surface area contributed by atoms with E-state index in [1.807, 2.05) is 38.1 Å². The number of amides is 1. The summed E-state index contributed by atoms with van der Waals surface area (Å²) in [4.78, 5) is 12.3. The van der Waals surface area contributed by atoms with E-state index in [-0.39, 0.29) is 11.9 Å². The zero-order valence-electron chi connectivity index (χ0n) is 13.4. The smallest absolute Gasteiger partial charge is 0.251 e. The first-order valence-electron chi connectivity index (χ1n) is 7.33. The Morgan fingerprint density at radius 2 is 1.62 bits per heavy atom. The monoisotopic (exact) mass is 281 g/mol. The fraction of sp³-hybridized carbons (Fsp3) is 0.316. The van der Waals surface area contributed by atoms with Crippen LogP contribution in [0.2, 0.25) is 0 Å². The van der Waals surface area contributed by atoms with E-state index in [4.69, 9.17) is 0 Å². The van der Waals surface area contributed by atoms with Crippen LogP contribution in [0.15, 0.2) is 36.4 Å². The second kappa shape index (κ2) is 6.13. The topological polar surface area (TPSA) is 29.1 Å². The van der Waals surface area contributed by atoms with E-state index in [2.05, 4.69) is 38.2 Å². The van der Waals surface area contributed by atoms with Crippen molar-refractivity contribution < 1.29 is 4.79 Å². The molecule has 0 heterocycles. The third-order valence-corrected chi connectivity index (χ3v) is 3.98. The SMILES string of the molecule is Cc1cccc(C(=O)NC(C)c2cc(C)c(C)cc2C)c1. The number of hydrogen-bond acceptors (Lipinski definition) is 1. The highest BCUT2D eigenvalue weighted by molar-refractivity contribution is 5.94. The zero-order chi connectivity index (χ0) is 15.6. The van der Waals surface area contributed by atoms with Crippen LogP contribution in [0.5, 0.6) is 0 Å². The number of benzene rings is 2. The van der Waals surface area contributed by atoms with E-state index >= 15 is 0 Å². The van der Waals surface area contributed by atoms with Crippen LogP contribution in [0, 0.1) is 27.7 Å². The summed E-state index contributed by atoms with van der Waals surface area (Å²) in [5, 5.41) is 3.09. The molecule has 21 heavy (non-hydrogen) atoms. The van der Waals surface area contributed by atoms with Gasteiger partial charge in [0.05, 0.1) is 6.04 Å². The first kappa shape index (κ1) is 15.3. The maximum atomic E-state index is 12.3. The number of carbonyl (C=O) groups is 1. The molecule has 2 heteroatoms. The number of hydrogen-bond donors (Lipinski definition) is 1. The molecule has 0 aliphatic heterocycles. The van der Waals surface area contributed by atoms with Gasteiger partial charge < -0.3 is 5.32 Å². The predicted octanol–water partition coefficient (Wildman–Crippen LogP) is 4.41. The molecule has 0 bridgehead atoms. The number of nitrogens with one attached hydrogen (secondary N) is 1. The molecule has 1 atom stereocenters. The Labute approximate surface area is 127 Å². The highest BCUT2D eigenvalue weighted by Gasteiger charge is 2.14. The van der Waals surface area contributed by atoms with Crippen molar-refractivity contribution >= 4 is 5.91 Å². The first-order chi connectivity index (χ1) is 9.88. The largest absolute Gasteiger partial charge is 0.346 e. The molecule has 0 aromatic heterocycles. The maximum absolute atomic E-state index is 12.3. The minimum atomic E-state index is -0.0242.